The predicted octanol–water partition coefficient (Wildman–Crippen LogP) is 0.388. The molecule has 1 aliphatic rings. The smallest absolute Gasteiger partial charge is 0.156 e. The molecule has 0 saturated carbocycles. The van der Waals surface area contributed by atoms with Gasteiger partial charge in [-0.05, 0) is 17.7 Å². The van der Waals surface area contributed by atoms with Crippen LogP contribution in [0.15, 0.2) is 18.3 Å². The van der Waals surface area contributed by atoms with Crippen molar-refractivity contribution in [2.24, 2.45) is 0 Å². The first-order valence-corrected chi connectivity index (χ1v) is 5.22. The van der Waals surface area contributed by atoms with Gasteiger partial charge in [-0.3, -0.25) is 4.90 Å². The number of anilines is 1. The average Bonchev–Trinajstić information content (AvgIpc) is 2.29. The highest BCUT2D eigenvalue weighted by Gasteiger charge is 2.19. The second-order valence-corrected chi connectivity index (χ2v) is 3.81. The first-order valence-electron chi connectivity index (χ1n) is 5.22. The SMILES string of the molecule is N#CC1CN(Cc2ccnc(N)c2)CCO1. The van der Waals surface area contributed by atoms with E-state index in [-0.39, 0.29) is 6.10 Å². The Bertz CT molecular complexity index is 401. The molecule has 1 aliphatic heterocycles. The molecule has 0 aliphatic carbocycles. The standard InChI is InChI=1S/C11H14N4O/c12-6-10-8-15(3-4-16-10)7-9-1-2-14-11(13)5-9/h1-2,5,10H,3-4,7-8H2,(H2,13,14). The van der Waals surface area contributed by atoms with Crippen molar-refractivity contribution in [1.82, 2.24) is 9.88 Å². The van der Waals surface area contributed by atoms with E-state index in [4.69, 9.17) is 15.7 Å². The molecular weight excluding hydrogens is 204 g/mol. The molecule has 2 heterocycles. The largest absolute Gasteiger partial charge is 0.384 e. The second-order valence-electron chi connectivity index (χ2n) is 3.81. The van der Waals surface area contributed by atoms with Crippen LogP contribution in [0.1, 0.15) is 5.56 Å². The van der Waals surface area contributed by atoms with Crippen molar-refractivity contribution >= 4 is 5.82 Å². The summed E-state index contributed by atoms with van der Waals surface area (Å²) in [7, 11) is 0. The van der Waals surface area contributed by atoms with Crippen LogP contribution in [0.25, 0.3) is 0 Å². The van der Waals surface area contributed by atoms with Crippen molar-refractivity contribution < 1.29 is 4.74 Å². The van der Waals surface area contributed by atoms with Gasteiger partial charge in [-0.2, -0.15) is 5.26 Å². The molecule has 0 amide bonds. The van der Waals surface area contributed by atoms with E-state index in [1.165, 1.54) is 0 Å². The molecule has 0 spiro atoms. The second kappa shape index (κ2) is 4.92. The minimum Gasteiger partial charge on any atom is -0.384 e. The minimum absolute atomic E-state index is 0.312. The molecule has 1 aromatic heterocycles. The highest BCUT2D eigenvalue weighted by Crippen LogP contribution is 2.11. The van der Waals surface area contributed by atoms with Crippen molar-refractivity contribution in [3.8, 4) is 6.07 Å². The third-order valence-corrected chi connectivity index (χ3v) is 2.55. The van der Waals surface area contributed by atoms with Gasteiger partial charge in [0.1, 0.15) is 5.82 Å². The van der Waals surface area contributed by atoms with E-state index in [1.807, 2.05) is 12.1 Å². The lowest BCUT2D eigenvalue weighted by molar-refractivity contribution is -0.00269. The number of hydrogen-bond acceptors (Lipinski definition) is 5. The maximum Gasteiger partial charge on any atom is 0.156 e. The Morgan fingerprint density at radius 3 is 3.31 bits per heavy atom. The van der Waals surface area contributed by atoms with Crippen LogP contribution >= 0.6 is 0 Å². The van der Waals surface area contributed by atoms with Crippen molar-refractivity contribution in [3.63, 3.8) is 0 Å². The summed E-state index contributed by atoms with van der Waals surface area (Å²) in [6, 6.07) is 5.93. The fraction of sp³-hybridized carbons (Fsp3) is 0.455. The van der Waals surface area contributed by atoms with Crippen LogP contribution in [0.4, 0.5) is 5.82 Å². The van der Waals surface area contributed by atoms with Crippen molar-refractivity contribution in [2.45, 2.75) is 12.6 Å². The zero-order valence-corrected chi connectivity index (χ0v) is 8.97. The normalized spacial score (nSPS) is 21.6. The lowest BCUT2D eigenvalue weighted by Gasteiger charge is -2.29. The van der Waals surface area contributed by atoms with Gasteiger partial charge in [0.05, 0.1) is 12.7 Å². The molecule has 5 nitrogen and oxygen atoms in total. The van der Waals surface area contributed by atoms with E-state index >= 15 is 0 Å². The quantitative estimate of drug-likeness (QED) is 0.777. The van der Waals surface area contributed by atoms with Crippen LogP contribution in [-0.4, -0.2) is 35.7 Å². The summed E-state index contributed by atoms with van der Waals surface area (Å²) in [5.41, 5.74) is 6.73. The Hall–Kier alpha value is -1.64. The average molecular weight is 218 g/mol. The molecular formula is C11H14N4O. The minimum atomic E-state index is -0.312. The number of nitrogens with two attached hydrogens (primary N) is 1. The summed E-state index contributed by atoms with van der Waals surface area (Å²) in [6.07, 6.45) is 1.39. The Morgan fingerprint density at radius 2 is 2.56 bits per heavy atom. The number of nitriles is 1. The molecule has 1 unspecified atom stereocenters. The molecule has 2 rings (SSSR count). The zero-order chi connectivity index (χ0) is 11.4. The van der Waals surface area contributed by atoms with E-state index in [1.54, 1.807) is 6.20 Å². The van der Waals surface area contributed by atoms with Gasteiger partial charge in [0.2, 0.25) is 0 Å². The molecule has 0 bridgehead atoms. The van der Waals surface area contributed by atoms with Crippen molar-refractivity contribution in [2.75, 3.05) is 25.4 Å². The molecule has 1 fully saturated rings. The highest BCUT2D eigenvalue weighted by molar-refractivity contribution is 5.31. The van der Waals surface area contributed by atoms with Crippen molar-refractivity contribution in [3.05, 3.63) is 23.9 Å². The van der Waals surface area contributed by atoms with Gasteiger partial charge < -0.3 is 10.5 Å². The number of aromatic nitrogens is 1. The number of nitrogen functional groups attached to an aromatic ring is 1. The first-order chi connectivity index (χ1) is 7.78. The molecule has 0 radical (unpaired) electrons. The Kier molecular flexibility index (Phi) is 3.34. The van der Waals surface area contributed by atoms with Gasteiger partial charge in [0.25, 0.3) is 0 Å². The van der Waals surface area contributed by atoms with Crippen LogP contribution < -0.4 is 5.73 Å². The fourth-order valence-electron chi connectivity index (χ4n) is 1.78. The zero-order valence-electron chi connectivity index (χ0n) is 8.97. The van der Waals surface area contributed by atoms with Crippen molar-refractivity contribution in [1.29, 1.82) is 5.26 Å². The van der Waals surface area contributed by atoms with E-state index in [0.29, 0.717) is 19.0 Å². The maximum atomic E-state index is 8.79. The summed E-state index contributed by atoms with van der Waals surface area (Å²) in [4.78, 5) is 6.13. The fourth-order valence-corrected chi connectivity index (χ4v) is 1.78. The summed E-state index contributed by atoms with van der Waals surface area (Å²) in [5, 5.41) is 8.79. The lowest BCUT2D eigenvalue weighted by Crippen LogP contribution is -2.41. The molecule has 16 heavy (non-hydrogen) atoms. The number of pyridine rings is 1. The predicted molar refractivity (Wildman–Crippen MR) is 59.3 cm³/mol. The maximum absolute atomic E-state index is 8.79. The molecule has 0 aromatic carbocycles. The number of ether oxygens (including phenoxy) is 1. The summed E-state index contributed by atoms with van der Waals surface area (Å²) < 4.78 is 5.28. The topological polar surface area (TPSA) is 75.2 Å². The van der Waals surface area contributed by atoms with E-state index in [2.05, 4.69) is 16.0 Å². The highest BCUT2D eigenvalue weighted by atomic mass is 16.5. The number of hydrogen-bond donors (Lipinski definition) is 1. The van der Waals surface area contributed by atoms with E-state index in [0.717, 1.165) is 18.7 Å². The van der Waals surface area contributed by atoms with E-state index < -0.39 is 0 Å². The molecule has 5 heteroatoms. The molecule has 1 saturated heterocycles. The van der Waals surface area contributed by atoms with E-state index in [9.17, 15) is 0 Å². The van der Waals surface area contributed by atoms with Crippen LogP contribution in [0, 0.1) is 11.3 Å². The summed E-state index contributed by atoms with van der Waals surface area (Å²) >= 11 is 0. The van der Waals surface area contributed by atoms with Gasteiger partial charge in [0.15, 0.2) is 6.10 Å². The van der Waals surface area contributed by atoms with Gasteiger partial charge >= 0.3 is 0 Å². The van der Waals surface area contributed by atoms with Gasteiger partial charge in [-0.1, -0.05) is 0 Å². The van der Waals surface area contributed by atoms with Crippen LogP contribution in [-0.2, 0) is 11.3 Å². The number of morpholine rings is 1. The van der Waals surface area contributed by atoms with Gasteiger partial charge in [0, 0.05) is 25.8 Å². The van der Waals surface area contributed by atoms with Crippen LogP contribution in [0.5, 0.6) is 0 Å². The van der Waals surface area contributed by atoms with Crippen LogP contribution in [0.2, 0.25) is 0 Å². The Morgan fingerprint density at radius 1 is 1.69 bits per heavy atom. The molecule has 1 aromatic rings. The van der Waals surface area contributed by atoms with Gasteiger partial charge in [-0.15, -0.1) is 0 Å². The Balaban J connectivity index is 1.97. The third-order valence-electron chi connectivity index (χ3n) is 2.55. The van der Waals surface area contributed by atoms with Crippen LogP contribution in [0.3, 0.4) is 0 Å². The molecule has 2 N–H and O–H groups in total. The third kappa shape index (κ3) is 2.69. The monoisotopic (exact) mass is 218 g/mol. The van der Waals surface area contributed by atoms with Gasteiger partial charge in [-0.25, -0.2) is 4.98 Å². The Labute approximate surface area is 94.4 Å². The first kappa shape index (κ1) is 10.9. The number of rotatable bonds is 2. The summed E-state index contributed by atoms with van der Waals surface area (Å²) in [5.74, 6) is 0.530. The molecule has 84 valence electrons. The summed E-state index contributed by atoms with van der Waals surface area (Å²) in [6.45, 7) is 2.90. The lowest BCUT2D eigenvalue weighted by atomic mass is 10.2. The number of nitrogens with zero attached hydrogens (tertiary/aromatic N) is 3. The molecule has 1 atom stereocenters.